The topological polar surface area (TPSA) is 111 Å². The lowest BCUT2D eigenvalue weighted by molar-refractivity contribution is 0.210. The van der Waals surface area contributed by atoms with Gasteiger partial charge in [0, 0.05) is 30.9 Å². The highest BCUT2D eigenvalue weighted by molar-refractivity contribution is 7.92. The lowest BCUT2D eigenvalue weighted by Gasteiger charge is -2.11. The Bertz CT molecular complexity index is 1060. The lowest BCUT2D eigenvalue weighted by Crippen LogP contribution is -2.11. The van der Waals surface area contributed by atoms with Crippen LogP contribution in [0, 0.1) is 0 Å². The molecule has 0 atom stereocenters. The second-order valence-electron chi connectivity index (χ2n) is 6.68. The average Bonchev–Trinajstić information content (AvgIpc) is 3.05. The highest BCUT2D eigenvalue weighted by Crippen LogP contribution is 2.26. The van der Waals surface area contributed by atoms with E-state index in [1.165, 1.54) is 0 Å². The molecule has 150 valence electrons. The van der Waals surface area contributed by atoms with Gasteiger partial charge in [0.15, 0.2) is 17.3 Å². The minimum Gasteiger partial charge on any atom is -0.383 e. The Kier molecular flexibility index (Phi) is 5.80. The maximum absolute atomic E-state index is 11.4. The lowest BCUT2D eigenvalue weighted by atomic mass is 10.2. The van der Waals surface area contributed by atoms with Crippen molar-refractivity contribution in [2.45, 2.75) is 19.9 Å². The first-order valence-corrected chi connectivity index (χ1v) is 10.7. The van der Waals surface area contributed by atoms with E-state index >= 15 is 0 Å². The molecule has 0 fully saturated rings. The third-order valence-corrected chi connectivity index (χ3v) is 4.63. The highest BCUT2D eigenvalue weighted by atomic mass is 32.2. The third kappa shape index (κ3) is 4.57. The van der Waals surface area contributed by atoms with Crippen LogP contribution in [0.4, 0.5) is 11.5 Å². The first-order valence-electron chi connectivity index (χ1n) is 8.84. The van der Waals surface area contributed by atoms with Gasteiger partial charge in [-0.1, -0.05) is 0 Å². The molecule has 2 N–H and O–H groups in total. The summed E-state index contributed by atoms with van der Waals surface area (Å²) in [6.45, 7) is 5.25. The Morgan fingerprint density at radius 1 is 1.18 bits per heavy atom. The van der Waals surface area contributed by atoms with Gasteiger partial charge < -0.3 is 14.6 Å². The number of nitrogens with one attached hydrogen (secondary N) is 2. The Morgan fingerprint density at radius 3 is 2.50 bits per heavy atom. The van der Waals surface area contributed by atoms with Crippen LogP contribution in [-0.2, 0) is 14.8 Å². The third-order valence-electron chi connectivity index (χ3n) is 4.02. The molecule has 0 unspecified atom stereocenters. The normalized spacial score (nSPS) is 11.9. The Hall–Kier alpha value is -2.72. The fourth-order valence-electron chi connectivity index (χ4n) is 2.72. The fraction of sp³-hybridized carbons (Fsp3) is 0.389. The molecule has 0 spiro atoms. The average molecular weight is 404 g/mol. The number of aromatic nitrogens is 4. The number of imidazole rings is 1. The summed E-state index contributed by atoms with van der Waals surface area (Å²) < 4.78 is 32.3. The van der Waals surface area contributed by atoms with Crippen LogP contribution in [0.25, 0.3) is 22.6 Å². The van der Waals surface area contributed by atoms with E-state index in [0.717, 1.165) is 17.5 Å². The van der Waals surface area contributed by atoms with E-state index < -0.39 is 10.0 Å². The molecule has 1 aromatic carbocycles. The van der Waals surface area contributed by atoms with Gasteiger partial charge >= 0.3 is 0 Å². The van der Waals surface area contributed by atoms with Crippen molar-refractivity contribution in [2.75, 3.05) is 36.6 Å². The molecule has 0 amide bonds. The van der Waals surface area contributed by atoms with Crippen LogP contribution >= 0.6 is 0 Å². The number of benzene rings is 1. The van der Waals surface area contributed by atoms with Crippen LogP contribution in [0.3, 0.4) is 0 Å². The number of hydrogen-bond donors (Lipinski definition) is 2. The van der Waals surface area contributed by atoms with Gasteiger partial charge in [0.25, 0.3) is 0 Å². The Morgan fingerprint density at radius 2 is 1.89 bits per heavy atom. The minimum atomic E-state index is -3.33. The molecule has 0 aliphatic rings. The van der Waals surface area contributed by atoms with Gasteiger partial charge in [-0.3, -0.25) is 4.72 Å². The van der Waals surface area contributed by atoms with Crippen molar-refractivity contribution in [3.8, 4) is 11.4 Å². The maximum Gasteiger partial charge on any atom is 0.229 e. The molecule has 0 aliphatic heterocycles. The summed E-state index contributed by atoms with van der Waals surface area (Å²) in [6.07, 6.45) is 2.87. The van der Waals surface area contributed by atoms with Crippen molar-refractivity contribution >= 4 is 32.7 Å². The summed E-state index contributed by atoms with van der Waals surface area (Å²) in [5.74, 6) is 1.16. The zero-order valence-electron chi connectivity index (χ0n) is 16.3. The molecule has 10 heteroatoms. The zero-order chi connectivity index (χ0) is 20.3. The fourth-order valence-corrected chi connectivity index (χ4v) is 3.28. The van der Waals surface area contributed by atoms with E-state index in [2.05, 4.69) is 33.9 Å². The summed E-state index contributed by atoms with van der Waals surface area (Å²) in [5.41, 5.74) is 2.69. The number of methoxy groups -OCH3 is 1. The molecule has 9 nitrogen and oxygen atoms in total. The van der Waals surface area contributed by atoms with Crippen LogP contribution in [0.2, 0.25) is 0 Å². The van der Waals surface area contributed by atoms with E-state index in [4.69, 9.17) is 9.72 Å². The molecular formula is C18H24N6O3S. The molecule has 0 saturated heterocycles. The molecule has 0 saturated carbocycles. The molecule has 28 heavy (non-hydrogen) atoms. The highest BCUT2D eigenvalue weighted by Gasteiger charge is 2.16. The molecule has 0 radical (unpaired) electrons. The number of rotatable bonds is 8. The quantitative estimate of drug-likeness (QED) is 0.555. The molecule has 2 aromatic heterocycles. The Balaban J connectivity index is 2.03. The van der Waals surface area contributed by atoms with Crippen molar-refractivity contribution in [1.29, 1.82) is 0 Å². The van der Waals surface area contributed by atoms with Gasteiger partial charge in [0.1, 0.15) is 5.52 Å². The molecule has 0 bridgehead atoms. The summed E-state index contributed by atoms with van der Waals surface area (Å²) in [4.78, 5) is 13.8. The number of nitrogens with zero attached hydrogens (tertiary/aromatic N) is 4. The van der Waals surface area contributed by atoms with Gasteiger partial charge in [-0.15, -0.1) is 0 Å². The van der Waals surface area contributed by atoms with Gasteiger partial charge in [0.05, 0.1) is 19.2 Å². The zero-order valence-corrected chi connectivity index (χ0v) is 17.1. The van der Waals surface area contributed by atoms with E-state index in [9.17, 15) is 8.42 Å². The number of fused-ring (bicyclic) bond motifs is 1. The van der Waals surface area contributed by atoms with Crippen molar-refractivity contribution in [2.24, 2.45) is 0 Å². The van der Waals surface area contributed by atoms with Crippen LogP contribution in [0.1, 0.15) is 19.9 Å². The summed E-state index contributed by atoms with van der Waals surface area (Å²) >= 11 is 0. The SMILES string of the molecule is COCCNc1nc(-c2ccc(NS(C)(=O)=O)cc2)nc2c1ncn2C(C)C. The van der Waals surface area contributed by atoms with E-state index in [-0.39, 0.29) is 6.04 Å². The van der Waals surface area contributed by atoms with Crippen molar-refractivity contribution in [1.82, 2.24) is 19.5 Å². The van der Waals surface area contributed by atoms with Gasteiger partial charge in [-0.05, 0) is 38.1 Å². The molecule has 2 heterocycles. The van der Waals surface area contributed by atoms with Gasteiger partial charge in [0.2, 0.25) is 10.0 Å². The van der Waals surface area contributed by atoms with Crippen molar-refractivity contribution in [3.63, 3.8) is 0 Å². The van der Waals surface area contributed by atoms with Gasteiger partial charge in [-0.25, -0.2) is 23.4 Å². The van der Waals surface area contributed by atoms with E-state index in [1.54, 1.807) is 37.7 Å². The van der Waals surface area contributed by atoms with Crippen LogP contribution in [0.15, 0.2) is 30.6 Å². The minimum absolute atomic E-state index is 0.195. The first kappa shape index (κ1) is 20.0. The number of hydrogen-bond acceptors (Lipinski definition) is 7. The van der Waals surface area contributed by atoms with E-state index in [0.29, 0.717) is 36.0 Å². The monoisotopic (exact) mass is 404 g/mol. The Labute approximate surface area is 164 Å². The van der Waals surface area contributed by atoms with Crippen LogP contribution in [-0.4, -0.2) is 54.5 Å². The largest absolute Gasteiger partial charge is 0.383 e. The van der Waals surface area contributed by atoms with Crippen LogP contribution < -0.4 is 10.0 Å². The second kappa shape index (κ2) is 8.11. The van der Waals surface area contributed by atoms with Crippen molar-refractivity contribution < 1.29 is 13.2 Å². The predicted molar refractivity (Wildman–Crippen MR) is 110 cm³/mol. The van der Waals surface area contributed by atoms with E-state index in [1.807, 2.05) is 4.57 Å². The summed E-state index contributed by atoms with van der Waals surface area (Å²) in [6, 6.07) is 7.12. The van der Waals surface area contributed by atoms with Crippen LogP contribution in [0.5, 0.6) is 0 Å². The molecule has 0 aliphatic carbocycles. The standard InChI is InChI=1S/C18H24N6O3S/c1-12(2)24-11-20-15-17(19-9-10-27-3)21-16(22-18(15)24)13-5-7-14(8-6-13)23-28(4,25)26/h5-8,11-12,23H,9-10H2,1-4H3,(H,19,21,22). The van der Waals surface area contributed by atoms with Gasteiger partial charge in [-0.2, -0.15) is 0 Å². The first-order chi connectivity index (χ1) is 13.3. The summed E-state index contributed by atoms with van der Waals surface area (Å²) in [7, 11) is -1.68. The number of sulfonamides is 1. The molecule has 3 rings (SSSR count). The summed E-state index contributed by atoms with van der Waals surface area (Å²) in [5, 5.41) is 3.25. The number of ether oxygens (including phenoxy) is 1. The second-order valence-corrected chi connectivity index (χ2v) is 8.43. The molecule has 3 aromatic rings. The molecular weight excluding hydrogens is 380 g/mol. The predicted octanol–water partition coefficient (Wildman–Crippen LogP) is 2.50. The number of anilines is 2. The van der Waals surface area contributed by atoms with Crippen molar-refractivity contribution in [3.05, 3.63) is 30.6 Å². The maximum atomic E-state index is 11.4. The smallest absolute Gasteiger partial charge is 0.229 e.